The van der Waals surface area contributed by atoms with Gasteiger partial charge in [0.15, 0.2) is 0 Å². The number of hydrogen-bond acceptors (Lipinski definition) is 4. The quantitative estimate of drug-likeness (QED) is 0.187. The molecular formula is C37H43N3O4S. The van der Waals surface area contributed by atoms with E-state index < -0.39 is 28.5 Å². The van der Waals surface area contributed by atoms with Gasteiger partial charge in [-0.2, -0.15) is 0 Å². The molecule has 0 radical (unpaired) electrons. The van der Waals surface area contributed by atoms with Crippen LogP contribution in [0.5, 0.6) is 0 Å². The van der Waals surface area contributed by atoms with Gasteiger partial charge in [0.05, 0.1) is 10.6 Å². The third kappa shape index (κ3) is 8.82. The summed E-state index contributed by atoms with van der Waals surface area (Å²) in [6.45, 7) is 9.34. The van der Waals surface area contributed by atoms with Gasteiger partial charge >= 0.3 is 0 Å². The second-order valence-corrected chi connectivity index (χ2v) is 13.6. The number of benzene rings is 4. The van der Waals surface area contributed by atoms with Crippen molar-refractivity contribution in [2.45, 2.75) is 71.0 Å². The zero-order valence-electron chi connectivity index (χ0n) is 26.7. The number of rotatable bonds is 13. The zero-order valence-corrected chi connectivity index (χ0v) is 27.6. The summed E-state index contributed by atoms with van der Waals surface area (Å²) >= 11 is 0. The fourth-order valence-corrected chi connectivity index (χ4v) is 6.76. The van der Waals surface area contributed by atoms with Crippen molar-refractivity contribution in [3.63, 3.8) is 0 Å². The van der Waals surface area contributed by atoms with Crippen LogP contribution in [0.4, 0.5) is 5.69 Å². The summed E-state index contributed by atoms with van der Waals surface area (Å²) in [5.74, 6) is -0.756. The van der Waals surface area contributed by atoms with Crippen LogP contribution in [0.3, 0.4) is 0 Å². The van der Waals surface area contributed by atoms with E-state index in [1.807, 2.05) is 95.3 Å². The molecule has 0 aliphatic heterocycles. The minimum Gasteiger partial charge on any atom is -0.352 e. The summed E-state index contributed by atoms with van der Waals surface area (Å²) in [7, 11) is -4.14. The first-order chi connectivity index (χ1) is 21.5. The van der Waals surface area contributed by atoms with Crippen molar-refractivity contribution >= 4 is 27.5 Å². The summed E-state index contributed by atoms with van der Waals surface area (Å²) in [6.07, 6.45) is 1.00. The lowest BCUT2D eigenvalue weighted by molar-refractivity contribution is -0.140. The molecule has 0 saturated carbocycles. The number of sulfonamides is 1. The summed E-state index contributed by atoms with van der Waals surface area (Å²) in [5, 5.41) is 3.07. The molecule has 0 bridgehead atoms. The Morgan fingerprint density at radius 3 is 1.96 bits per heavy atom. The van der Waals surface area contributed by atoms with E-state index in [-0.39, 0.29) is 29.8 Å². The molecular weight excluding hydrogens is 582 g/mol. The van der Waals surface area contributed by atoms with E-state index in [0.29, 0.717) is 5.69 Å². The normalized spacial score (nSPS) is 12.6. The van der Waals surface area contributed by atoms with E-state index in [1.165, 1.54) is 21.3 Å². The van der Waals surface area contributed by atoms with Gasteiger partial charge in [-0.25, -0.2) is 8.42 Å². The van der Waals surface area contributed by atoms with Crippen LogP contribution in [0, 0.1) is 20.8 Å². The lowest BCUT2D eigenvalue weighted by Crippen LogP contribution is -2.54. The van der Waals surface area contributed by atoms with Gasteiger partial charge in [0.1, 0.15) is 12.6 Å². The first-order valence-corrected chi connectivity index (χ1v) is 16.8. The van der Waals surface area contributed by atoms with Crippen molar-refractivity contribution in [3.8, 4) is 0 Å². The number of hydrogen-bond donors (Lipinski definition) is 1. The van der Waals surface area contributed by atoms with Crippen LogP contribution < -0.4 is 9.62 Å². The van der Waals surface area contributed by atoms with Crippen LogP contribution >= 0.6 is 0 Å². The first-order valence-electron chi connectivity index (χ1n) is 15.3. The predicted octanol–water partition coefficient (Wildman–Crippen LogP) is 6.36. The molecule has 0 aromatic heterocycles. The average molecular weight is 626 g/mol. The second kappa shape index (κ2) is 15.0. The Kier molecular flexibility index (Phi) is 11.2. The maximum Gasteiger partial charge on any atom is 0.264 e. The molecule has 4 aromatic rings. The number of nitrogens with zero attached hydrogens (tertiary/aromatic N) is 2. The standard InChI is InChI=1S/C37H43N3O4S/c1-6-30(5)38-37(42)35(24-31-15-9-7-10-16-31)39(25-32-17-13-14-27(2)21-32)36(41)26-40(33-22-28(3)20-29(4)23-33)45(43,44)34-18-11-8-12-19-34/h7-23,30,35H,6,24-26H2,1-5H3,(H,38,42)/t30-,35-/m1/s1. The Bertz CT molecular complexity index is 1690. The third-order valence-corrected chi connectivity index (χ3v) is 9.60. The molecule has 7 nitrogen and oxygen atoms in total. The molecule has 236 valence electrons. The minimum absolute atomic E-state index is 0.0811. The maximum absolute atomic E-state index is 14.6. The monoisotopic (exact) mass is 625 g/mol. The van der Waals surface area contributed by atoms with Gasteiger partial charge in [0.25, 0.3) is 10.0 Å². The Morgan fingerprint density at radius 1 is 0.756 bits per heavy atom. The van der Waals surface area contributed by atoms with Crippen LogP contribution in [0.2, 0.25) is 0 Å². The number of nitrogens with one attached hydrogen (secondary N) is 1. The van der Waals surface area contributed by atoms with E-state index in [0.717, 1.165) is 34.2 Å². The van der Waals surface area contributed by atoms with Crippen molar-refractivity contribution in [1.82, 2.24) is 10.2 Å². The van der Waals surface area contributed by atoms with Gasteiger partial charge in [-0.05, 0) is 80.6 Å². The van der Waals surface area contributed by atoms with Gasteiger partial charge in [0.2, 0.25) is 11.8 Å². The van der Waals surface area contributed by atoms with Crippen molar-refractivity contribution in [3.05, 3.63) is 131 Å². The molecule has 0 unspecified atom stereocenters. The molecule has 2 atom stereocenters. The molecule has 8 heteroatoms. The average Bonchev–Trinajstić information content (AvgIpc) is 3.01. The highest BCUT2D eigenvalue weighted by Crippen LogP contribution is 2.27. The lowest BCUT2D eigenvalue weighted by atomic mass is 10.0. The van der Waals surface area contributed by atoms with Gasteiger partial charge in [-0.3, -0.25) is 13.9 Å². The molecule has 0 heterocycles. The highest BCUT2D eigenvalue weighted by molar-refractivity contribution is 7.92. The minimum atomic E-state index is -4.14. The largest absolute Gasteiger partial charge is 0.352 e. The SMILES string of the molecule is CC[C@@H](C)NC(=O)[C@@H](Cc1ccccc1)N(Cc1cccc(C)c1)C(=O)CN(c1cc(C)cc(C)c1)S(=O)(=O)c1ccccc1. The smallest absolute Gasteiger partial charge is 0.264 e. The fourth-order valence-electron chi connectivity index (χ4n) is 5.35. The molecule has 0 aliphatic carbocycles. The molecule has 0 spiro atoms. The summed E-state index contributed by atoms with van der Waals surface area (Å²) < 4.78 is 29.5. The van der Waals surface area contributed by atoms with Crippen molar-refractivity contribution in [2.75, 3.05) is 10.8 Å². The lowest BCUT2D eigenvalue weighted by Gasteiger charge is -2.34. The molecule has 1 N–H and O–H groups in total. The number of carbonyl (C=O) groups is 2. The number of carbonyl (C=O) groups excluding carboxylic acids is 2. The van der Waals surface area contributed by atoms with E-state index in [9.17, 15) is 18.0 Å². The van der Waals surface area contributed by atoms with Gasteiger partial charge in [-0.1, -0.05) is 91.3 Å². The Morgan fingerprint density at radius 2 is 1.36 bits per heavy atom. The van der Waals surface area contributed by atoms with Crippen LogP contribution in [0.15, 0.2) is 108 Å². The highest BCUT2D eigenvalue weighted by Gasteiger charge is 2.35. The van der Waals surface area contributed by atoms with Gasteiger partial charge in [0, 0.05) is 19.0 Å². The number of anilines is 1. The topological polar surface area (TPSA) is 86.8 Å². The molecule has 4 rings (SSSR count). The fraction of sp³-hybridized carbons (Fsp3) is 0.297. The molecule has 4 aromatic carbocycles. The van der Waals surface area contributed by atoms with E-state index >= 15 is 0 Å². The van der Waals surface area contributed by atoms with Gasteiger partial charge < -0.3 is 10.2 Å². The third-order valence-electron chi connectivity index (χ3n) is 7.81. The van der Waals surface area contributed by atoms with E-state index in [1.54, 1.807) is 30.3 Å². The first kappa shape index (κ1) is 33.5. The Balaban J connectivity index is 1.83. The summed E-state index contributed by atoms with van der Waals surface area (Å²) in [4.78, 5) is 30.2. The zero-order chi connectivity index (χ0) is 32.6. The van der Waals surface area contributed by atoms with Crippen LogP contribution in [-0.4, -0.2) is 43.8 Å². The second-order valence-electron chi connectivity index (χ2n) is 11.7. The van der Waals surface area contributed by atoms with Crippen LogP contribution in [0.25, 0.3) is 0 Å². The molecule has 0 fully saturated rings. The number of amides is 2. The highest BCUT2D eigenvalue weighted by atomic mass is 32.2. The summed E-state index contributed by atoms with van der Waals surface area (Å²) in [5.41, 5.74) is 4.90. The van der Waals surface area contributed by atoms with Crippen molar-refractivity contribution < 1.29 is 18.0 Å². The van der Waals surface area contributed by atoms with Crippen molar-refractivity contribution in [1.29, 1.82) is 0 Å². The molecule has 2 amide bonds. The molecule has 0 aliphatic rings. The number of aryl methyl sites for hydroxylation is 3. The van der Waals surface area contributed by atoms with Gasteiger partial charge in [-0.15, -0.1) is 0 Å². The Hall–Kier alpha value is -4.43. The predicted molar refractivity (Wildman–Crippen MR) is 180 cm³/mol. The van der Waals surface area contributed by atoms with E-state index in [2.05, 4.69) is 5.32 Å². The molecule has 0 saturated heterocycles. The van der Waals surface area contributed by atoms with Crippen LogP contribution in [0.1, 0.15) is 48.1 Å². The summed E-state index contributed by atoms with van der Waals surface area (Å²) in [6, 6.07) is 30.0. The Labute approximate surface area is 268 Å². The molecule has 45 heavy (non-hydrogen) atoms. The maximum atomic E-state index is 14.6. The van der Waals surface area contributed by atoms with E-state index in [4.69, 9.17) is 0 Å². The van der Waals surface area contributed by atoms with Crippen molar-refractivity contribution in [2.24, 2.45) is 0 Å². The van der Waals surface area contributed by atoms with Crippen LogP contribution in [-0.2, 0) is 32.6 Å².